The molecule has 1 aromatic heterocycles. The zero-order valence-corrected chi connectivity index (χ0v) is 22.4. The number of hydrogen-bond donors (Lipinski definition) is 0. The Hall–Kier alpha value is -3.48. The van der Waals surface area contributed by atoms with Crippen LogP contribution in [0.3, 0.4) is 0 Å². The molecule has 2 radical (unpaired) electrons. The van der Waals surface area contributed by atoms with Crippen LogP contribution in [0, 0.1) is 0 Å². The number of rotatable bonds is 8. The third-order valence-electron chi connectivity index (χ3n) is 5.96. The number of esters is 1. The van der Waals surface area contributed by atoms with E-state index in [1.165, 1.54) is 0 Å². The molecule has 6 heteroatoms. The van der Waals surface area contributed by atoms with E-state index in [2.05, 4.69) is 45.0 Å². The lowest BCUT2D eigenvalue weighted by Crippen LogP contribution is -2.36. The Morgan fingerprint density at radius 2 is 1.44 bits per heavy atom. The standard InChI is InChI=1S/C30H31NO4Si/c1-6-34-28(33)27(32)24-20-31(5)26-23(24)18-13-19-25(26)30(35-36-29(2,3)4,21-14-9-7-10-15-21)22-16-11-8-12-17-22/h7-20H,6H2,1-5H3. The molecule has 0 aliphatic heterocycles. The molecule has 4 aromatic rings. The van der Waals surface area contributed by atoms with Crippen LogP contribution in [0.15, 0.2) is 85.1 Å². The van der Waals surface area contributed by atoms with E-state index >= 15 is 0 Å². The zero-order chi connectivity index (χ0) is 25.9. The highest BCUT2D eigenvalue weighted by molar-refractivity contribution is 6.43. The molecule has 0 amide bonds. The Balaban J connectivity index is 2.06. The van der Waals surface area contributed by atoms with Crippen molar-refractivity contribution < 1.29 is 18.8 Å². The molecule has 0 N–H and O–H groups in total. The Labute approximate surface area is 215 Å². The third kappa shape index (κ3) is 4.79. The fraction of sp³-hybridized carbons (Fsp3) is 0.267. The minimum atomic E-state index is -0.940. The first kappa shape index (κ1) is 25.6. The van der Waals surface area contributed by atoms with Gasteiger partial charge in [-0.05, 0) is 23.1 Å². The van der Waals surface area contributed by atoms with Gasteiger partial charge >= 0.3 is 5.97 Å². The van der Waals surface area contributed by atoms with Crippen LogP contribution in [0.4, 0.5) is 0 Å². The van der Waals surface area contributed by atoms with E-state index in [0.29, 0.717) is 10.9 Å². The van der Waals surface area contributed by atoms with Crippen LogP contribution in [0.5, 0.6) is 0 Å². The topological polar surface area (TPSA) is 57.5 Å². The number of aryl methyl sites for hydroxylation is 1. The van der Waals surface area contributed by atoms with Gasteiger partial charge in [0.1, 0.15) is 5.60 Å². The Morgan fingerprint density at radius 3 is 1.97 bits per heavy atom. The number of ketones is 1. The van der Waals surface area contributed by atoms with Gasteiger partial charge in [-0.1, -0.05) is 99.6 Å². The van der Waals surface area contributed by atoms with Crippen molar-refractivity contribution in [3.8, 4) is 0 Å². The van der Waals surface area contributed by atoms with E-state index < -0.39 is 17.4 Å². The number of Topliss-reactive ketones (excluding diaryl/α,β-unsaturated/α-hetero) is 1. The first-order valence-corrected chi connectivity index (χ1v) is 13.0. The van der Waals surface area contributed by atoms with Crippen molar-refractivity contribution in [3.05, 3.63) is 107 Å². The normalized spacial score (nSPS) is 12.0. The lowest BCUT2D eigenvalue weighted by Gasteiger charge is -2.38. The van der Waals surface area contributed by atoms with Crippen molar-refractivity contribution in [3.63, 3.8) is 0 Å². The largest absolute Gasteiger partial charge is 0.460 e. The molecule has 0 aliphatic carbocycles. The van der Waals surface area contributed by atoms with Gasteiger partial charge in [-0.25, -0.2) is 4.79 Å². The Bertz CT molecular complexity index is 1330. The van der Waals surface area contributed by atoms with Gasteiger partial charge in [-0.2, -0.15) is 0 Å². The van der Waals surface area contributed by atoms with Crippen LogP contribution in [0.25, 0.3) is 10.9 Å². The first-order chi connectivity index (χ1) is 17.2. The molecule has 3 aromatic carbocycles. The summed E-state index contributed by atoms with van der Waals surface area (Å²) in [5.41, 5.74) is 3.08. The monoisotopic (exact) mass is 497 g/mol. The average Bonchev–Trinajstić information content (AvgIpc) is 3.22. The number of para-hydroxylation sites is 1. The smallest absolute Gasteiger partial charge is 0.379 e. The van der Waals surface area contributed by atoms with Crippen LogP contribution in [-0.4, -0.2) is 32.7 Å². The van der Waals surface area contributed by atoms with E-state index in [-0.39, 0.29) is 21.4 Å². The van der Waals surface area contributed by atoms with Gasteiger partial charge in [-0.3, -0.25) is 4.79 Å². The number of carbonyl (C=O) groups is 2. The second-order valence-corrected chi connectivity index (χ2v) is 11.7. The number of nitrogens with zero attached hydrogens (tertiary/aromatic N) is 1. The van der Waals surface area contributed by atoms with Gasteiger partial charge < -0.3 is 13.7 Å². The number of carbonyl (C=O) groups excluding carboxylic acids is 2. The fourth-order valence-corrected chi connectivity index (χ4v) is 5.27. The van der Waals surface area contributed by atoms with Gasteiger partial charge in [0.25, 0.3) is 5.78 Å². The lowest BCUT2D eigenvalue weighted by molar-refractivity contribution is -0.137. The van der Waals surface area contributed by atoms with Crippen LogP contribution in [0.1, 0.15) is 54.7 Å². The maximum absolute atomic E-state index is 13.0. The number of benzene rings is 3. The van der Waals surface area contributed by atoms with Crippen LogP contribution in [0.2, 0.25) is 5.04 Å². The van der Waals surface area contributed by atoms with Crippen molar-refractivity contribution in [2.24, 2.45) is 7.05 Å². The summed E-state index contributed by atoms with van der Waals surface area (Å²) in [7, 11) is 2.07. The fourth-order valence-electron chi connectivity index (χ4n) is 4.47. The zero-order valence-electron chi connectivity index (χ0n) is 21.4. The summed E-state index contributed by atoms with van der Waals surface area (Å²) in [6.07, 6.45) is 1.71. The van der Waals surface area contributed by atoms with Crippen molar-refractivity contribution in [2.45, 2.75) is 38.3 Å². The molecule has 0 bridgehead atoms. The SMILES string of the molecule is CCOC(=O)C(=O)c1cn(C)c2c(C(O[Si]C(C)(C)C)(c3ccccc3)c3ccccc3)cccc12. The molecule has 1 heterocycles. The highest BCUT2D eigenvalue weighted by atomic mass is 28.2. The molecule has 0 fully saturated rings. The molecule has 36 heavy (non-hydrogen) atoms. The summed E-state index contributed by atoms with van der Waals surface area (Å²) in [6, 6.07) is 26.2. The first-order valence-electron chi connectivity index (χ1n) is 12.0. The molecule has 0 unspecified atom stereocenters. The summed E-state index contributed by atoms with van der Waals surface area (Å²) < 4.78 is 13.9. The van der Waals surface area contributed by atoms with E-state index in [9.17, 15) is 9.59 Å². The van der Waals surface area contributed by atoms with Gasteiger partial charge in [0.05, 0.1) is 17.7 Å². The molecule has 0 saturated heterocycles. The van der Waals surface area contributed by atoms with Crippen molar-refractivity contribution in [1.29, 1.82) is 0 Å². The molecule has 184 valence electrons. The molecular weight excluding hydrogens is 466 g/mol. The second-order valence-electron chi connectivity index (χ2n) is 9.77. The molecule has 5 nitrogen and oxygen atoms in total. The summed E-state index contributed by atoms with van der Waals surface area (Å²) in [5.74, 6) is -1.50. The molecule has 0 aliphatic rings. The summed E-state index contributed by atoms with van der Waals surface area (Å²) in [5, 5.41) is 0.620. The van der Waals surface area contributed by atoms with Gasteiger partial charge in [0.15, 0.2) is 0 Å². The Morgan fingerprint density at radius 1 is 0.861 bits per heavy atom. The van der Waals surface area contributed by atoms with Crippen molar-refractivity contribution in [2.75, 3.05) is 6.61 Å². The molecule has 0 spiro atoms. The average molecular weight is 498 g/mol. The summed E-state index contributed by atoms with van der Waals surface area (Å²) in [6.45, 7) is 8.31. The van der Waals surface area contributed by atoms with Gasteiger partial charge in [-0.15, -0.1) is 0 Å². The second kappa shape index (κ2) is 10.2. The van der Waals surface area contributed by atoms with Crippen LogP contribution < -0.4 is 0 Å². The number of fused-ring (bicyclic) bond motifs is 1. The van der Waals surface area contributed by atoms with Crippen molar-refractivity contribution in [1.82, 2.24) is 4.57 Å². The van der Waals surface area contributed by atoms with E-state index in [4.69, 9.17) is 9.16 Å². The van der Waals surface area contributed by atoms with Crippen LogP contribution >= 0.6 is 0 Å². The minimum Gasteiger partial charge on any atom is -0.460 e. The lowest BCUT2D eigenvalue weighted by atomic mass is 9.79. The van der Waals surface area contributed by atoms with E-state index in [1.807, 2.05) is 66.2 Å². The van der Waals surface area contributed by atoms with E-state index in [1.54, 1.807) is 13.1 Å². The van der Waals surface area contributed by atoms with Crippen molar-refractivity contribution >= 4 is 32.4 Å². The van der Waals surface area contributed by atoms with Gasteiger partial charge in [0.2, 0.25) is 9.76 Å². The van der Waals surface area contributed by atoms with Gasteiger partial charge in [0, 0.05) is 24.2 Å². The Kier molecular flexibility index (Phi) is 7.29. The number of ether oxygens (including phenoxy) is 1. The number of hydrogen-bond acceptors (Lipinski definition) is 4. The quantitative estimate of drug-likeness (QED) is 0.0975. The molecule has 0 atom stereocenters. The molecule has 0 saturated carbocycles. The molecule has 4 rings (SSSR count). The molecular formula is C30H31NO4Si. The van der Waals surface area contributed by atoms with Crippen LogP contribution in [-0.2, 0) is 26.6 Å². The van der Waals surface area contributed by atoms with E-state index in [0.717, 1.165) is 22.2 Å². The highest BCUT2D eigenvalue weighted by Crippen LogP contribution is 2.45. The maximum atomic E-state index is 13.0. The minimum absolute atomic E-state index is 0.0675. The number of aromatic nitrogens is 1. The summed E-state index contributed by atoms with van der Waals surface area (Å²) >= 11 is 0. The predicted molar refractivity (Wildman–Crippen MR) is 143 cm³/mol. The predicted octanol–water partition coefficient (Wildman–Crippen LogP) is 6.07. The summed E-state index contributed by atoms with van der Waals surface area (Å²) in [4.78, 5) is 25.3. The highest BCUT2D eigenvalue weighted by Gasteiger charge is 2.41. The maximum Gasteiger partial charge on any atom is 0.379 e. The third-order valence-corrected chi connectivity index (χ3v) is 6.98.